The summed E-state index contributed by atoms with van der Waals surface area (Å²) in [7, 11) is 0. The van der Waals surface area contributed by atoms with E-state index in [0.717, 1.165) is 0 Å². The molecule has 5 aromatic carbocycles. The van der Waals surface area contributed by atoms with E-state index >= 15 is 0 Å². The molecule has 5 aliphatic rings. The SMILES string of the molecule is O=C1OC[C@H]2OC(=O)c3cc(O)c(O)c(O)c3-c3c(O)c(O)c(O)c4c3C(=O)O[C@H](C3OC(=O)c5c-4c(O)c(O)c(O)c5C3O)[C@@H]2OC(=O)c2cc(O)c(O)c(O)c2-c2c1cc(O)c(O)c2O. The highest BCUT2D eigenvalue weighted by Gasteiger charge is 2.55. The molecule has 6 bridgehead atoms. The molecule has 0 saturated carbocycles. The van der Waals surface area contributed by atoms with E-state index in [2.05, 4.69) is 0 Å². The van der Waals surface area contributed by atoms with Gasteiger partial charge in [0.15, 0.2) is 81.9 Å². The highest BCUT2D eigenvalue weighted by molar-refractivity contribution is 6.16. The van der Waals surface area contributed by atoms with E-state index in [-0.39, 0.29) is 0 Å². The lowest BCUT2D eigenvalue weighted by Gasteiger charge is -2.40. The van der Waals surface area contributed by atoms with Crippen LogP contribution in [0.2, 0.25) is 0 Å². The summed E-state index contributed by atoms with van der Waals surface area (Å²) in [5, 5.41) is 177. The molecule has 0 spiro atoms. The van der Waals surface area contributed by atoms with Crippen LogP contribution in [-0.4, -0.2) is 143 Å². The molecule has 2 unspecified atom stereocenters. The smallest absolute Gasteiger partial charge is 0.340 e. The summed E-state index contributed by atoms with van der Waals surface area (Å²) >= 11 is 0. The molecule has 0 radical (unpaired) electrons. The van der Waals surface area contributed by atoms with Crippen LogP contribution < -0.4 is 0 Å². The maximum Gasteiger partial charge on any atom is 0.340 e. The van der Waals surface area contributed by atoms with E-state index in [4.69, 9.17) is 23.7 Å². The van der Waals surface area contributed by atoms with Crippen molar-refractivity contribution in [2.75, 3.05) is 6.61 Å². The van der Waals surface area contributed by atoms with E-state index < -0.39 is 220 Å². The Morgan fingerprint density at radius 2 is 0.701 bits per heavy atom. The molecule has 0 amide bonds. The molecule has 5 heterocycles. The predicted molar refractivity (Wildman–Crippen MR) is 206 cm³/mol. The number of cyclic esters (lactones) is 1. The van der Waals surface area contributed by atoms with Gasteiger partial charge in [-0.2, -0.15) is 0 Å². The summed E-state index contributed by atoms with van der Waals surface area (Å²) in [5.41, 5.74) is -14.9. The number of fused-ring (bicyclic) bond motifs is 7. The van der Waals surface area contributed by atoms with Crippen LogP contribution in [-0.2, 0) is 23.7 Å². The number of carbonyl (C=O) groups is 5. The number of benzene rings is 5. The fourth-order valence-electron chi connectivity index (χ4n) is 8.39. The van der Waals surface area contributed by atoms with Crippen LogP contribution >= 0.6 is 0 Å². The van der Waals surface area contributed by atoms with Crippen molar-refractivity contribution in [3.05, 3.63) is 51.6 Å². The fraction of sp³-hybridized carbons (Fsp3) is 0.146. The second-order valence-corrected chi connectivity index (χ2v) is 15.0. The van der Waals surface area contributed by atoms with Gasteiger partial charge in [-0.25, -0.2) is 24.0 Å². The van der Waals surface area contributed by atoms with Crippen molar-refractivity contribution in [2.45, 2.75) is 30.5 Å². The van der Waals surface area contributed by atoms with Gasteiger partial charge in [-0.1, -0.05) is 0 Å². The van der Waals surface area contributed by atoms with Crippen molar-refractivity contribution in [1.29, 1.82) is 0 Å². The Labute approximate surface area is 367 Å². The minimum absolute atomic E-state index is 0.323. The first-order valence-corrected chi connectivity index (χ1v) is 18.6. The van der Waals surface area contributed by atoms with Crippen LogP contribution in [0.25, 0.3) is 33.4 Å². The number of aliphatic hydroxyl groups is 1. The standard InChI is InChI=1S/C41H26O26/c42-8-1-5-12(24(48)21(8)45)13-6(2-9(43)22(46)25(13)49)39(60)65-34-11(4-63-37(5)58)64-38(59)7-3-10(44)23(47)26(50)14(7)15-18-16(28(52)32(56)27(15)51)17-19-20(30(54)33(57)29(17)53)31(55)35(66-41(19)62)36(34)67-40(18)61/h1-3,11,31,34-36,42-57H,4H2/t11-,31?,34-,35?,36+/m1/s1. The quantitative estimate of drug-likeness (QED) is 0.0591. The topological polar surface area (TPSA) is 455 Å². The third-order valence-electron chi connectivity index (χ3n) is 11.4. The molecule has 0 fully saturated rings. The third-order valence-corrected chi connectivity index (χ3v) is 11.4. The second kappa shape index (κ2) is 14.2. The van der Waals surface area contributed by atoms with Gasteiger partial charge in [-0.3, -0.25) is 0 Å². The van der Waals surface area contributed by atoms with Gasteiger partial charge >= 0.3 is 29.8 Å². The Balaban J connectivity index is 1.44. The number of carbonyl (C=O) groups excluding carboxylic acids is 5. The molecule has 0 saturated heterocycles. The Bertz CT molecular complexity index is 3190. The van der Waals surface area contributed by atoms with Crippen molar-refractivity contribution in [3.63, 3.8) is 0 Å². The lowest BCUT2D eigenvalue weighted by Crippen LogP contribution is -2.56. The summed E-state index contributed by atoms with van der Waals surface area (Å²) in [6.07, 6.45) is -13.4. The second-order valence-electron chi connectivity index (χ2n) is 15.0. The minimum Gasteiger partial charge on any atom is -0.504 e. The molecule has 26 heteroatoms. The van der Waals surface area contributed by atoms with Crippen LogP contribution in [0.4, 0.5) is 0 Å². The molecular weight excluding hydrogens is 908 g/mol. The van der Waals surface area contributed by atoms with Gasteiger partial charge < -0.3 is 105 Å². The summed E-state index contributed by atoms with van der Waals surface area (Å²) in [5.74, 6) is -32.1. The number of phenolic OH excluding ortho intramolecular Hbond substituents is 15. The molecule has 67 heavy (non-hydrogen) atoms. The van der Waals surface area contributed by atoms with Gasteiger partial charge in [0.25, 0.3) is 0 Å². The average Bonchev–Trinajstić information content (AvgIpc) is 3.30. The van der Waals surface area contributed by atoms with Crippen LogP contribution in [0.5, 0.6) is 86.2 Å². The fourth-order valence-corrected chi connectivity index (χ4v) is 8.39. The normalized spacial score (nSPS) is 20.6. The first-order valence-electron chi connectivity index (χ1n) is 18.6. The molecular formula is C41H26O26. The van der Waals surface area contributed by atoms with Gasteiger partial charge in [0, 0.05) is 38.9 Å². The number of hydrogen-bond donors (Lipinski definition) is 16. The molecule has 5 aromatic rings. The summed E-state index contributed by atoms with van der Waals surface area (Å²) < 4.78 is 27.8. The van der Waals surface area contributed by atoms with Crippen molar-refractivity contribution >= 4 is 29.8 Å². The maximum atomic E-state index is 15.0. The molecule has 346 valence electrons. The molecule has 5 atom stereocenters. The number of phenols is 15. The largest absolute Gasteiger partial charge is 0.504 e. The molecule has 0 aliphatic carbocycles. The zero-order chi connectivity index (χ0) is 48.7. The van der Waals surface area contributed by atoms with E-state index in [1.54, 1.807) is 0 Å². The number of hydrogen-bond acceptors (Lipinski definition) is 26. The van der Waals surface area contributed by atoms with E-state index in [0.29, 0.717) is 18.2 Å². The highest BCUT2D eigenvalue weighted by Crippen LogP contribution is 2.62. The van der Waals surface area contributed by atoms with Crippen molar-refractivity contribution in [3.8, 4) is 120 Å². The highest BCUT2D eigenvalue weighted by atomic mass is 16.6. The molecule has 26 nitrogen and oxygen atoms in total. The van der Waals surface area contributed by atoms with E-state index in [1.807, 2.05) is 0 Å². The maximum absolute atomic E-state index is 15.0. The molecule has 16 N–H and O–H groups in total. The lowest BCUT2D eigenvalue weighted by molar-refractivity contribution is -0.154. The number of ether oxygens (including phenoxy) is 5. The van der Waals surface area contributed by atoms with Crippen molar-refractivity contribution < 1.29 is 129 Å². The van der Waals surface area contributed by atoms with Crippen molar-refractivity contribution in [1.82, 2.24) is 0 Å². The number of rotatable bonds is 0. The minimum atomic E-state index is -2.79. The zero-order valence-electron chi connectivity index (χ0n) is 32.6. The van der Waals surface area contributed by atoms with Crippen LogP contribution in [0.3, 0.4) is 0 Å². The van der Waals surface area contributed by atoms with Gasteiger partial charge in [-0.05, 0) is 18.2 Å². The number of aromatic hydroxyl groups is 15. The predicted octanol–water partition coefficient (Wildman–Crippen LogP) is 1.32. The van der Waals surface area contributed by atoms with Gasteiger partial charge in [-0.15, -0.1) is 0 Å². The van der Waals surface area contributed by atoms with Gasteiger partial charge in [0.1, 0.15) is 12.7 Å². The zero-order valence-corrected chi connectivity index (χ0v) is 32.6. The van der Waals surface area contributed by atoms with Crippen LogP contribution in [0.15, 0.2) is 18.2 Å². The third kappa shape index (κ3) is 5.68. The van der Waals surface area contributed by atoms with E-state index in [1.165, 1.54) is 0 Å². The summed E-state index contributed by atoms with van der Waals surface area (Å²) in [6, 6.07) is 1.07. The Hall–Kier alpha value is -9.59. The Morgan fingerprint density at radius 3 is 1.21 bits per heavy atom. The van der Waals surface area contributed by atoms with Crippen LogP contribution in [0.1, 0.15) is 63.5 Å². The molecule has 0 aromatic heterocycles. The lowest BCUT2D eigenvalue weighted by atomic mass is 9.80. The van der Waals surface area contributed by atoms with Gasteiger partial charge in [0.2, 0.25) is 28.7 Å². The number of aliphatic hydroxyl groups excluding tert-OH is 1. The molecule has 5 aliphatic heterocycles. The first-order chi connectivity index (χ1) is 31.5. The summed E-state index contributed by atoms with van der Waals surface area (Å²) in [4.78, 5) is 72.4. The monoisotopic (exact) mass is 934 g/mol. The Morgan fingerprint density at radius 1 is 0.343 bits per heavy atom. The average molecular weight is 935 g/mol. The number of esters is 5. The first kappa shape index (κ1) is 42.7. The Kier molecular flexibility index (Phi) is 9.05. The van der Waals surface area contributed by atoms with Gasteiger partial charge in [0.05, 0.1) is 27.8 Å². The van der Waals surface area contributed by atoms with E-state index in [9.17, 15) is 106 Å². The molecule has 10 rings (SSSR count). The summed E-state index contributed by atoms with van der Waals surface area (Å²) in [6.45, 7) is -1.51. The van der Waals surface area contributed by atoms with Crippen LogP contribution in [0, 0.1) is 0 Å². The van der Waals surface area contributed by atoms with Crippen molar-refractivity contribution in [2.24, 2.45) is 0 Å².